The highest BCUT2D eigenvalue weighted by atomic mass is 127. The van der Waals surface area contributed by atoms with Gasteiger partial charge in [0, 0.05) is 43.4 Å². The summed E-state index contributed by atoms with van der Waals surface area (Å²) in [5, 5.41) is 7.43. The molecule has 1 fully saturated rings. The van der Waals surface area contributed by atoms with Gasteiger partial charge in [-0.15, -0.1) is 24.0 Å². The molecule has 3 N–H and O–H groups in total. The van der Waals surface area contributed by atoms with Gasteiger partial charge in [-0.2, -0.15) is 0 Å². The predicted octanol–water partition coefficient (Wildman–Crippen LogP) is 2.81. The first-order chi connectivity index (χ1) is 13.9. The Labute approximate surface area is 200 Å². The average Bonchev–Trinajstić information content (AvgIpc) is 3.20. The minimum atomic E-state index is -3.46. The van der Waals surface area contributed by atoms with Crippen molar-refractivity contribution in [2.75, 3.05) is 32.1 Å². The Morgan fingerprint density at radius 1 is 1.23 bits per heavy atom. The van der Waals surface area contributed by atoms with Gasteiger partial charge in [0.15, 0.2) is 5.96 Å². The first-order valence-electron chi connectivity index (χ1n) is 9.41. The lowest BCUT2D eigenvalue weighted by molar-refractivity contribution is 0.588. The first kappa shape index (κ1) is 24.7. The molecule has 30 heavy (non-hydrogen) atoms. The van der Waals surface area contributed by atoms with Crippen LogP contribution in [0.25, 0.3) is 0 Å². The Bertz CT molecular complexity index is 987. The molecule has 2 aromatic rings. The normalized spacial score (nSPS) is 16.8. The zero-order valence-electron chi connectivity index (χ0n) is 16.9. The molecular weight excluding hydrogens is 537 g/mol. The molecule has 0 aliphatic carbocycles. The lowest BCUT2D eigenvalue weighted by Gasteiger charge is -2.20. The van der Waals surface area contributed by atoms with Crippen molar-refractivity contribution in [1.29, 1.82) is 0 Å². The van der Waals surface area contributed by atoms with Gasteiger partial charge in [-0.3, -0.25) is 4.99 Å². The molecule has 1 aliphatic heterocycles. The summed E-state index contributed by atoms with van der Waals surface area (Å²) in [7, 11) is -0.331. The number of guanidine groups is 1. The monoisotopic (exact) mass is 563 g/mol. The first-order valence-corrected chi connectivity index (χ1v) is 11.3. The fourth-order valence-corrected chi connectivity index (χ4v) is 4.28. The van der Waals surface area contributed by atoms with Crippen LogP contribution in [0, 0.1) is 0 Å². The Balaban J connectivity index is 0.00000320. The second-order valence-electron chi connectivity index (χ2n) is 6.84. The topological polar surface area (TPSA) is 85.8 Å². The Morgan fingerprint density at radius 2 is 2.00 bits per heavy atom. The molecule has 3 rings (SSSR count). The van der Waals surface area contributed by atoms with Crippen molar-refractivity contribution >= 4 is 57.2 Å². The Morgan fingerprint density at radius 3 is 2.70 bits per heavy atom. The van der Waals surface area contributed by atoms with E-state index in [4.69, 9.17) is 11.6 Å². The van der Waals surface area contributed by atoms with E-state index in [2.05, 4.69) is 31.3 Å². The van der Waals surface area contributed by atoms with Crippen molar-refractivity contribution < 1.29 is 8.42 Å². The summed E-state index contributed by atoms with van der Waals surface area (Å²) >= 11 is 6.10. The number of halogens is 2. The summed E-state index contributed by atoms with van der Waals surface area (Å²) in [5.41, 5.74) is 1.98. The van der Waals surface area contributed by atoms with Crippen molar-refractivity contribution in [3.05, 3.63) is 59.1 Å². The minimum absolute atomic E-state index is 0. The summed E-state index contributed by atoms with van der Waals surface area (Å²) in [6.45, 7) is 2.27. The number of hydrogen-bond donors (Lipinski definition) is 3. The van der Waals surface area contributed by atoms with Crippen LogP contribution >= 0.6 is 35.6 Å². The molecule has 0 radical (unpaired) electrons. The van der Waals surface area contributed by atoms with Crippen LogP contribution in [-0.2, 0) is 16.6 Å². The van der Waals surface area contributed by atoms with Gasteiger partial charge >= 0.3 is 0 Å². The summed E-state index contributed by atoms with van der Waals surface area (Å²) in [4.78, 5) is 6.83. The fourth-order valence-electron chi connectivity index (χ4n) is 3.30. The van der Waals surface area contributed by atoms with Crippen molar-refractivity contribution in [2.45, 2.75) is 23.9 Å². The smallest absolute Gasteiger partial charge is 0.240 e. The molecule has 0 bridgehead atoms. The van der Waals surface area contributed by atoms with Crippen molar-refractivity contribution in [2.24, 2.45) is 4.99 Å². The van der Waals surface area contributed by atoms with Crippen LogP contribution in [-0.4, -0.2) is 47.6 Å². The predicted molar refractivity (Wildman–Crippen MR) is 134 cm³/mol. The number of nitrogens with zero attached hydrogens (tertiary/aromatic N) is 2. The molecule has 0 amide bonds. The number of hydrogen-bond acceptors (Lipinski definition) is 4. The van der Waals surface area contributed by atoms with Gasteiger partial charge in [0.05, 0.1) is 4.90 Å². The molecule has 0 saturated carbocycles. The van der Waals surface area contributed by atoms with Crippen LogP contribution in [0.3, 0.4) is 0 Å². The van der Waals surface area contributed by atoms with Crippen molar-refractivity contribution in [3.8, 4) is 0 Å². The average molecular weight is 564 g/mol. The molecule has 7 nitrogen and oxygen atoms in total. The van der Waals surface area contributed by atoms with Crippen LogP contribution in [0.1, 0.15) is 12.0 Å². The third-order valence-electron chi connectivity index (χ3n) is 4.86. The van der Waals surface area contributed by atoms with Crippen LogP contribution in [0.2, 0.25) is 5.02 Å². The maximum Gasteiger partial charge on any atom is 0.240 e. The summed E-state index contributed by atoms with van der Waals surface area (Å²) in [6.07, 6.45) is 0.989. The minimum Gasteiger partial charge on any atom is -0.369 e. The van der Waals surface area contributed by atoms with Gasteiger partial charge in [-0.25, -0.2) is 13.1 Å². The van der Waals surface area contributed by atoms with E-state index < -0.39 is 10.0 Å². The van der Waals surface area contributed by atoms with E-state index in [-0.39, 0.29) is 34.9 Å². The molecule has 1 unspecified atom stereocenters. The molecule has 1 aliphatic rings. The maximum absolute atomic E-state index is 12.0. The van der Waals surface area contributed by atoms with Crippen LogP contribution in [0.5, 0.6) is 0 Å². The summed E-state index contributed by atoms with van der Waals surface area (Å²) < 4.78 is 26.3. The second-order valence-corrected chi connectivity index (χ2v) is 9.16. The molecule has 0 spiro atoms. The van der Waals surface area contributed by atoms with Crippen LogP contribution < -0.4 is 20.3 Å². The lowest BCUT2D eigenvalue weighted by atomic mass is 10.2. The van der Waals surface area contributed by atoms with Gasteiger partial charge in [-0.05, 0) is 49.4 Å². The lowest BCUT2D eigenvalue weighted by Crippen LogP contribution is -2.44. The molecule has 10 heteroatoms. The fraction of sp³-hybridized carbons (Fsp3) is 0.350. The number of anilines is 1. The summed E-state index contributed by atoms with van der Waals surface area (Å²) in [6, 6.07) is 15.0. The highest BCUT2D eigenvalue weighted by molar-refractivity contribution is 14.0. The van der Waals surface area contributed by atoms with E-state index in [1.165, 1.54) is 7.05 Å². The third kappa shape index (κ3) is 6.47. The van der Waals surface area contributed by atoms with Gasteiger partial charge in [-0.1, -0.05) is 29.8 Å². The molecule has 0 aromatic heterocycles. The van der Waals surface area contributed by atoms with Crippen LogP contribution in [0.4, 0.5) is 5.69 Å². The SMILES string of the molecule is CN=C(NCc1cccc(S(=O)(=O)NC)c1)NC1CCN(c2cccc(Cl)c2)C1.I. The van der Waals surface area contributed by atoms with E-state index in [9.17, 15) is 8.42 Å². The van der Waals surface area contributed by atoms with E-state index in [0.717, 1.165) is 35.8 Å². The zero-order valence-corrected chi connectivity index (χ0v) is 20.8. The van der Waals surface area contributed by atoms with E-state index in [1.54, 1.807) is 25.2 Å². The van der Waals surface area contributed by atoms with Gasteiger partial charge < -0.3 is 15.5 Å². The van der Waals surface area contributed by atoms with Gasteiger partial charge in [0.2, 0.25) is 10.0 Å². The standard InChI is InChI=1S/C20H26ClN5O2S.HI/c1-22-20(24-13-15-5-3-8-19(11-15)29(27,28)23-2)25-17-9-10-26(14-17)18-7-4-6-16(21)12-18;/h3-8,11-12,17,23H,9-10,13-14H2,1-2H3,(H2,22,24,25);1H. The number of rotatable bonds is 6. The summed E-state index contributed by atoms with van der Waals surface area (Å²) in [5.74, 6) is 0.685. The Hall–Kier alpha value is -1.56. The number of benzene rings is 2. The van der Waals surface area contributed by atoms with Crippen molar-refractivity contribution in [1.82, 2.24) is 15.4 Å². The highest BCUT2D eigenvalue weighted by Gasteiger charge is 2.23. The van der Waals surface area contributed by atoms with Crippen LogP contribution in [0.15, 0.2) is 58.4 Å². The highest BCUT2D eigenvalue weighted by Crippen LogP contribution is 2.23. The third-order valence-corrected chi connectivity index (χ3v) is 6.51. The zero-order chi connectivity index (χ0) is 20.9. The Kier molecular flexibility index (Phi) is 9.20. The quantitative estimate of drug-likeness (QED) is 0.286. The maximum atomic E-state index is 12.0. The van der Waals surface area contributed by atoms with E-state index in [1.807, 2.05) is 24.3 Å². The van der Waals surface area contributed by atoms with Gasteiger partial charge in [0.1, 0.15) is 0 Å². The van der Waals surface area contributed by atoms with Crippen molar-refractivity contribution in [3.63, 3.8) is 0 Å². The molecular formula is C20H27ClIN5O2S. The second kappa shape index (κ2) is 11.2. The van der Waals surface area contributed by atoms with E-state index in [0.29, 0.717) is 12.5 Å². The number of nitrogens with one attached hydrogen (secondary N) is 3. The molecule has 1 atom stereocenters. The number of aliphatic imine (C=N–C) groups is 1. The molecule has 2 aromatic carbocycles. The number of sulfonamides is 1. The molecule has 164 valence electrons. The van der Waals surface area contributed by atoms with E-state index >= 15 is 0 Å². The molecule has 1 heterocycles. The molecule has 1 saturated heterocycles. The van der Waals surface area contributed by atoms with Gasteiger partial charge in [0.25, 0.3) is 0 Å². The largest absolute Gasteiger partial charge is 0.369 e.